The number of benzene rings is 3. The summed E-state index contributed by atoms with van der Waals surface area (Å²) in [5, 5.41) is 9.85. The largest absolute Gasteiger partial charge is 0.497 e. The highest BCUT2D eigenvalue weighted by atomic mass is 16.7. The predicted molar refractivity (Wildman–Crippen MR) is 117 cm³/mol. The topological polar surface area (TPSA) is 74.2 Å². The first-order chi connectivity index (χ1) is 15.1. The van der Waals surface area contributed by atoms with Crippen LogP contribution >= 0.6 is 0 Å². The zero-order valence-corrected chi connectivity index (χ0v) is 17.3. The van der Waals surface area contributed by atoms with Gasteiger partial charge in [0.15, 0.2) is 11.5 Å². The second-order valence-corrected chi connectivity index (χ2v) is 6.99. The number of hydrogen-bond donors (Lipinski definition) is 1. The number of hydrogen-bond acceptors (Lipinski definition) is 5. The third kappa shape index (κ3) is 4.33. The van der Waals surface area contributed by atoms with Gasteiger partial charge in [-0.3, -0.25) is 0 Å². The van der Waals surface area contributed by atoms with Gasteiger partial charge in [0.2, 0.25) is 6.79 Å². The molecular formula is C25H22O6. The van der Waals surface area contributed by atoms with E-state index in [4.69, 9.17) is 18.9 Å². The Bertz CT molecular complexity index is 1150. The molecule has 0 unspecified atom stereocenters. The molecule has 0 aromatic heterocycles. The number of ether oxygens (including phenoxy) is 4. The van der Waals surface area contributed by atoms with Crippen LogP contribution in [0.2, 0.25) is 0 Å². The number of methoxy groups -OCH3 is 2. The molecule has 0 fully saturated rings. The Labute approximate surface area is 180 Å². The van der Waals surface area contributed by atoms with E-state index in [1.54, 1.807) is 32.4 Å². The molecule has 158 valence electrons. The minimum absolute atomic E-state index is 0.178. The molecule has 1 heterocycles. The maximum Gasteiger partial charge on any atom is 0.331 e. The summed E-state index contributed by atoms with van der Waals surface area (Å²) in [6, 6.07) is 18.7. The highest BCUT2D eigenvalue weighted by Crippen LogP contribution is 2.37. The maximum absolute atomic E-state index is 12.0. The van der Waals surface area contributed by atoms with Gasteiger partial charge in [-0.25, -0.2) is 4.79 Å². The van der Waals surface area contributed by atoms with Gasteiger partial charge in [-0.2, -0.15) is 0 Å². The van der Waals surface area contributed by atoms with Gasteiger partial charge in [-0.05, 0) is 47.0 Å². The summed E-state index contributed by atoms with van der Waals surface area (Å²) in [6.07, 6.45) is 1.95. The lowest BCUT2D eigenvalue weighted by Gasteiger charge is -2.13. The van der Waals surface area contributed by atoms with Crippen molar-refractivity contribution in [2.45, 2.75) is 6.42 Å². The molecule has 0 spiro atoms. The third-order valence-electron chi connectivity index (χ3n) is 5.10. The standard InChI is InChI=1S/C25H22O6/c1-28-19-8-9-21(23(14-19)29-2)20-6-4-3-5-17(20)13-18(25(26)27)11-16-7-10-22-24(12-16)31-15-30-22/h3-10,12-14H,11,15H2,1-2H3,(H,26,27). The molecule has 0 aliphatic carbocycles. The van der Waals surface area contributed by atoms with E-state index in [1.807, 2.05) is 48.5 Å². The number of carboxylic acid groups (broad SMARTS) is 1. The lowest BCUT2D eigenvalue weighted by molar-refractivity contribution is -0.132. The third-order valence-corrected chi connectivity index (χ3v) is 5.10. The Hall–Kier alpha value is -3.93. The van der Waals surface area contributed by atoms with Crippen molar-refractivity contribution in [3.63, 3.8) is 0 Å². The van der Waals surface area contributed by atoms with Crippen molar-refractivity contribution >= 4 is 12.0 Å². The summed E-state index contributed by atoms with van der Waals surface area (Å²) >= 11 is 0. The van der Waals surface area contributed by atoms with Gasteiger partial charge in [0, 0.05) is 23.6 Å². The van der Waals surface area contributed by atoms with E-state index in [-0.39, 0.29) is 18.8 Å². The number of carboxylic acids is 1. The molecule has 1 N–H and O–H groups in total. The fourth-order valence-corrected chi connectivity index (χ4v) is 3.54. The quantitative estimate of drug-likeness (QED) is 0.555. The van der Waals surface area contributed by atoms with Crippen molar-refractivity contribution in [1.29, 1.82) is 0 Å². The average molecular weight is 418 g/mol. The van der Waals surface area contributed by atoms with Crippen LogP contribution < -0.4 is 18.9 Å². The Kier molecular flexibility index (Phi) is 5.80. The van der Waals surface area contributed by atoms with Gasteiger partial charge in [0.05, 0.1) is 14.2 Å². The van der Waals surface area contributed by atoms with E-state index in [1.165, 1.54) is 0 Å². The molecule has 6 nitrogen and oxygen atoms in total. The summed E-state index contributed by atoms with van der Waals surface area (Å²) < 4.78 is 21.6. The number of fused-ring (bicyclic) bond motifs is 1. The fraction of sp³-hybridized carbons (Fsp3) is 0.160. The molecule has 3 aromatic rings. The van der Waals surface area contributed by atoms with E-state index in [9.17, 15) is 9.90 Å². The first-order valence-electron chi connectivity index (χ1n) is 9.73. The Morgan fingerprint density at radius 3 is 2.55 bits per heavy atom. The Balaban J connectivity index is 1.72. The molecule has 4 rings (SSSR count). The lowest BCUT2D eigenvalue weighted by atomic mass is 9.95. The van der Waals surface area contributed by atoms with E-state index >= 15 is 0 Å². The first kappa shape index (κ1) is 20.3. The summed E-state index contributed by atoms with van der Waals surface area (Å²) in [5.41, 5.74) is 3.59. The van der Waals surface area contributed by atoms with Gasteiger partial charge in [0.25, 0.3) is 0 Å². The molecule has 1 aliphatic rings. The predicted octanol–water partition coefficient (Wildman–Crippen LogP) is 4.81. The van der Waals surface area contributed by atoms with Gasteiger partial charge in [-0.15, -0.1) is 0 Å². The minimum Gasteiger partial charge on any atom is -0.497 e. The van der Waals surface area contributed by atoms with Crippen LogP contribution in [-0.2, 0) is 11.2 Å². The van der Waals surface area contributed by atoms with Gasteiger partial charge >= 0.3 is 5.97 Å². The highest BCUT2D eigenvalue weighted by Gasteiger charge is 2.17. The maximum atomic E-state index is 12.0. The molecule has 0 saturated heterocycles. The van der Waals surface area contributed by atoms with Crippen LogP contribution in [0.3, 0.4) is 0 Å². The lowest BCUT2D eigenvalue weighted by Crippen LogP contribution is -2.04. The Morgan fingerprint density at radius 1 is 0.968 bits per heavy atom. The minimum atomic E-state index is -0.978. The fourth-order valence-electron chi connectivity index (χ4n) is 3.54. The number of carbonyl (C=O) groups is 1. The zero-order chi connectivity index (χ0) is 21.8. The van der Waals surface area contributed by atoms with Crippen LogP contribution in [0.25, 0.3) is 17.2 Å². The normalized spacial score (nSPS) is 12.5. The average Bonchev–Trinajstić information content (AvgIpc) is 3.26. The van der Waals surface area contributed by atoms with Crippen molar-refractivity contribution in [2.75, 3.05) is 21.0 Å². The molecule has 3 aromatic carbocycles. The van der Waals surface area contributed by atoms with Crippen LogP contribution in [0.5, 0.6) is 23.0 Å². The molecule has 0 radical (unpaired) electrons. The van der Waals surface area contributed by atoms with Crippen LogP contribution in [0.4, 0.5) is 0 Å². The molecule has 1 aliphatic heterocycles. The monoisotopic (exact) mass is 418 g/mol. The molecule has 0 saturated carbocycles. The van der Waals surface area contributed by atoms with Gasteiger partial charge in [-0.1, -0.05) is 30.3 Å². The highest BCUT2D eigenvalue weighted by molar-refractivity contribution is 5.94. The van der Waals surface area contributed by atoms with Crippen molar-refractivity contribution in [1.82, 2.24) is 0 Å². The molecule has 31 heavy (non-hydrogen) atoms. The number of rotatable bonds is 7. The van der Waals surface area contributed by atoms with Crippen molar-refractivity contribution in [3.05, 3.63) is 77.4 Å². The van der Waals surface area contributed by atoms with Crippen LogP contribution in [0, 0.1) is 0 Å². The van der Waals surface area contributed by atoms with Crippen molar-refractivity contribution < 1.29 is 28.8 Å². The summed E-state index contributed by atoms with van der Waals surface area (Å²) in [5.74, 6) is 1.65. The second-order valence-electron chi connectivity index (χ2n) is 6.99. The van der Waals surface area contributed by atoms with E-state index in [2.05, 4.69) is 0 Å². The molecule has 0 amide bonds. The smallest absolute Gasteiger partial charge is 0.331 e. The van der Waals surface area contributed by atoms with Gasteiger partial charge < -0.3 is 24.1 Å². The summed E-state index contributed by atoms with van der Waals surface area (Å²) in [4.78, 5) is 12.0. The summed E-state index contributed by atoms with van der Waals surface area (Å²) in [7, 11) is 3.19. The first-order valence-corrected chi connectivity index (χ1v) is 9.73. The SMILES string of the molecule is COc1ccc(-c2ccccc2C=C(Cc2ccc3c(c2)OCO3)C(=O)O)c(OC)c1. The molecule has 6 heteroatoms. The molecule has 0 bridgehead atoms. The number of aliphatic carboxylic acids is 1. The Morgan fingerprint density at radius 2 is 1.77 bits per heavy atom. The van der Waals surface area contributed by atoms with Crippen LogP contribution in [0.1, 0.15) is 11.1 Å². The van der Waals surface area contributed by atoms with E-state index in [0.29, 0.717) is 23.0 Å². The summed E-state index contributed by atoms with van der Waals surface area (Å²) in [6.45, 7) is 0.178. The molecule has 0 atom stereocenters. The van der Waals surface area contributed by atoms with Gasteiger partial charge in [0.1, 0.15) is 11.5 Å². The van der Waals surface area contributed by atoms with Crippen molar-refractivity contribution in [3.8, 4) is 34.1 Å². The second kappa shape index (κ2) is 8.83. The van der Waals surface area contributed by atoms with E-state index < -0.39 is 5.97 Å². The van der Waals surface area contributed by atoms with Crippen LogP contribution in [0.15, 0.2) is 66.2 Å². The van der Waals surface area contributed by atoms with E-state index in [0.717, 1.165) is 22.3 Å². The zero-order valence-electron chi connectivity index (χ0n) is 17.3. The van der Waals surface area contributed by atoms with Crippen molar-refractivity contribution in [2.24, 2.45) is 0 Å². The molecular weight excluding hydrogens is 396 g/mol. The van der Waals surface area contributed by atoms with Crippen LogP contribution in [-0.4, -0.2) is 32.1 Å².